The van der Waals surface area contributed by atoms with Crippen molar-refractivity contribution < 1.29 is 23.4 Å². The van der Waals surface area contributed by atoms with Gasteiger partial charge in [0.05, 0.1) is 6.10 Å². The predicted molar refractivity (Wildman–Crippen MR) is 75.6 cm³/mol. The minimum Gasteiger partial charge on any atom is -0.454 e. The molecular formula is C16H15F2NO3. The summed E-state index contributed by atoms with van der Waals surface area (Å²) in [5.74, 6) is -0.0630. The summed E-state index contributed by atoms with van der Waals surface area (Å²) >= 11 is 0. The zero-order chi connectivity index (χ0) is 15.5. The fraction of sp³-hybridized carbons (Fsp3) is 0.250. The predicted octanol–water partition coefficient (Wildman–Crippen LogP) is 2.52. The van der Waals surface area contributed by atoms with E-state index in [4.69, 9.17) is 9.47 Å². The lowest BCUT2D eigenvalue weighted by molar-refractivity contribution is 0.167. The van der Waals surface area contributed by atoms with E-state index in [-0.39, 0.29) is 18.9 Å². The summed E-state index contributed by atoms with van der Waals surface area (Å²) < 4.78 is 37.1. The van der Waals surface area contributed by atoms with E-state index in [9.17, 15) is 13.9 Å². The number of rotatable bonds is 5. The number of para-hydroxylation sites is 1. The Morgan fingerprint density at radius 3 is 2.86 bits per heavy atom. The van der Waals surface area contributed by atoms with Gasteiger partial charge in [-0.2, -0.15) is 0 Å². The normalized spacial score (nSPS) is 14.1. The van der Waals surface area contributed by atoms with E-state index in [2.05, 4.69) is 5.32 Å². The Bertz CT molecular complexity index is 678. The van der Waals surface area contributed by atoms with Gasteiger partial charge >= 0.3 is 0 Å². The second kappa shape index (κ2) is 6.29. The smallest absolute Gasteiger partial charge is 0.231 e. The molecular weight excluding hydrogens is 292 g/mol. The van der Waals surface area contributed by atoms with Gasteiger partial charge in [0.2, 0.25) is 6.79 Å². The second-order valence-electron chi connectivity index (χ2n) is 4.96. The van der Waals surface area contributed by atoms with E-state index in [1.165, 1.54) is 6.07 Å². The first-order chi connectivity index (χ1) is 10.6. The Labute approximate surface area is 126 Å². The Morgan fingerprint density at radius 1 is 1.18 bits per heavy atom. The van der Waals surface area contributed by atoms with Gasteiger partial charge in [-0.25, -0.2) is 8.78 Å². The van der Waals surface area contributed by atoms with Crippen molar-refractivity contribution in [3.63, 3.8) is 0 Å². The van der Waals surface area contributed by atoms with Crippen molar-refractivity contribution in [3.8, 4) is 11.5 Å². The number of halogens is 2. The van der Waals surface area contributed by atoms with E-state index >= 15 is 0 Å². The van der Waals surface area contributed by atoms with E-state index in [1.54, 1.807) is 0 Å². The largest absolute Gasteiger partial charge is 0.454 e. The van der Waals surface area contributed by atoms with E-state index < -0.39 is 17.7 Å². The number of ether oxygens (including phenoxy) is 2. The first-order valence-corrected chi connectivity index (χ1v) is 6.86. The summed E-state index contributed by atoms with van der Waals surface area (Å²) in [5, 5.41) is 13.0. The van der Waals surface area contributed by atoms with Crippen LogP contribution in [-0.2, 0) is 6.54 Å². The molecule has 1 aliphatic rings. The molecule has 0 amide bonds. The lowest BCUT2D eigenvalue weighted by Gasteiger charge is -2.14. The molecule has 0 fully saturated rings. The van der Waals surface area contributed by atoms with Gasteiger partial charge in [0.1, 0.15) is 11.6 Å². The van der Waals surface area contributed by atoms with Crippen molar-refractivity contribution in [2.45, 2.75) is 12.6 Å². The quantitative estimate of drug-likeness (QED) is 0.891. The van der Waals surface area contributed by atoms with E-state index in [0.717, 1.165) is 17.7 Å². The number of nitrogens with one attached hydrogen (secondary N) is 1. The monoisotopic (exact) mass is 307 g/mol. The summed E-state index contributed by atoms with van der Waals surface area (Å²) in [4.78, 5) is 0. The second-order valence-corrected chi connectivity index (χ2v) is 4.96. The highest BCUT2D eigenvalue weighted by atomic mass is 19.1. The molecule has 2 N–H and O–H groups in total. The van der Waals surface area contributed by atoms with Crippen LogP contribution < -0.4 is 14.8 Å². The molecule has 0 saturated heterocycles. The van der Waals surface area contributed by atoms with Crippen LogP contribution in [0.4, 0.5) is 8.78 Å². The standard InChI is InChI=1S/C16H15F2NO3/c17-11-4-5-12(13(18)6-11)14(20)8-19-7-10-2-1-3-15-16(10)22-9-21-15/h1-6,14,19-20H,7-9H2/t14-/m0/s1. The molecule has 0 bridgehead atoms. The van der Waals surface area contributed by atoms with Crippen molar-refractivity contribution >= 4 is 0 Å². The molecule has 0 saturated carbocycles. The minimum absolute atomic E-state index is 0.0618. The number of aliphatic hydroxyl groups is 1. The SMILES string of the molecule is O[C@@H](CNCc1cccc2c1OCO2)c1ccc(F)cc1F. The highest BCUT2D eigenvalue weighted by Crippen LogP contribution is 2.35. The number of hydrogen-bond acceptors (Lipinski definition) is 4. The zero-order valence-corrected chi connectivity index (χ0v) is 11.7. The van der Waals surface area contributed by atoms with Crippen molar-refractivity contribution in [2.24, 2.45) is 0 Å². The summed E-state index contributed by atoms with van der Waals surface area (Å²) in [7, 11) is 0. The molecule has 116 valence electrons. The van der Waals surface area contributed by atoms with Crippen molar-refractivity contribution in [2.75, 3.05) is 13.3 Å². The molecule has 2 aromatic carbocycles. The molecule has 6 heteroatoms. The topological polar surface area (TPSA) is 50.7 Å². The Kier molecular flexibility index (Phi) is 4.22. The van der Waals surface area contributed by atoms with Crippen LogP contribution >= 0.6 is 0 Å². The molecule has 0 radical (unpaired) electrons. The molecule has 0 unspecified atom stereocenters. The fourth-order valence-electron chi connectivity index (χ4n) is 2.36. The first-order valence-electron chi connectivity index (χ1n) is 6.86. The fourth-order valence-corrected chi connectivity index (χ4v) is 2.36. The molecule has 0 aliphatic carbocycles. The zero-order valence-electron chi connectivity index (χ0n) is 11.7. The van der Waals surface area contributed by atoms with Gasteiger partial charge in [-0.05, 0) is 12.1 Å². The van der Waals surface area contributed by atoms with Crippen molar-refractivity contribution in [1.82, 2.24) is 5.32 Å². The maximum Gasteiger partial charge on any atom is 0.231 e. The number of benzene rings is 2. The molecule has 1 atom stereocenters. The Hall–Kier alpha value is -2.18. The van der Waals surface area contributed by atoms with Crippen LogP contribution in [0.2, 0.25) is 0 Å². The molecule has 22 heavy (non-hydrogen) atoms. The van der Waals surface area contributed by atoms with Gasteiger partial charge in [-0.3, -0.25) is 0 Å². The van der Waals surface area contributed by atoms with Crippen molar-refractivity contribution in [3.05, 3.63) is 59.2 Å². The highest BCUT2D eigenvalue weighted by Gasteiger charge is 2.18. The van der Waals surface area contributed by atoms with Crippen LogP contribution in [-0.4, -0.2) is 18.4 Å². The molecule has 1 heterocycles. The van der Waals surface area contributed by atoms with Gasteiger partial charge in [0, 0.05) is 30.3 Å². The van der Waals surface area contributed by atoms with Gasteiger partial charge in [0.25, 0.3) is 0 Å². The molecule has 1 aliphatic heterocycles. The minimum atomic E-state index is -1.06. The van der Waals surface area contributed by atoms with Crippen LogP contribution in [0, 0.1) is 11.6 Å². The van der Waals surface area contributed by atoms with Gasteiger partial charge in [0.15, 0.2) is 11.5 Å². The Balaban J connectivity index is 1.60. The van der Waals surface area contributed by atoms with Crippen LogP contribution in [0.5, 0.6) is 11.5 Å². The van der Waals surface area contributed by atoms with Gasteiger partial charge in [-0.15, -0.1) is 0 Å². The van der Waals surface area contributed by atoms with Crippen LogP contribution in [0.15, 0.2) is 36.4 Å². The highest BCUT2D eigenvalue weighted by molar-refractivity contribution is 5.48. The van der Waals surface area contributed by atoms with Crippen LogP contribution in [0.3, 0.4) is 0 Å². The Morgan fingerprint density at radius 2 is 2.05 bits per heavy atom. The summed E-state index contributed by atoms with van der Waals surface area (Å²) in [6, 6.07) is 8.67. The number of fused-ring (bicyclic) bond motifs is 1. The van der Waals surface area contributed by atoms with Crippen molar-refractivity contribution in [1.29, 1.82) is 0 Å². The number of aliphatic hydroxyl groups excluding tert-OH is 1. The molecule has 2 aromatic rings. The summed E-state index contributed by atoms with van der Waals surface area (Å²) in [6.45, 7) is 0.759. The third kappa shape index (κ3) is 3.03. The average molecular weight is 307 g/mol. The lowest BCUT2D eigenvalue weighted by atomic mass is 10.1. The van der Waals surface area contributed by atoms with E-state index in [0.29, 0.717) is 18.0 Å². The van der Waals surface area contributed by atoms with Gasteiger partial charge in [-0.1, -0.05) is 18.2 Å². The maximum atomic E-state index is 13.6. The third-order valence-corrected chi connectivity index (χ3v) is 3.45. The van der Waals surface area contributed by atoms with Crippen LogP contribution in [0.1, 0.15) is 17.2 Å². The van der Waals surface area contributed by atoms with E-state index in [1.807, 2.05) is 18.2 Å². The van der Waals surface area contributed by atoms with Crippen LogP contribution in [0.25, 0.3) is 0 Å². The molecule has 0 aromatic heterocycles. The van der Waals surface area contributed by atoms with Gasteiger partial charge < -0.3 is 19.9 Å². The lowest BCUT2D eigenvalue weighted by Crippen LogP contribution is -2.22. The average Bonchev–Trinajstić information content (AvgIpc) is 2.96. The number of hydrogen-bond donors (Lipinski definition) is 2. The third-order valence-electron chi connectivity index (χ3n) is 3.45. The summed E-state index contributed by atoms with van der Waals surface area (Å²) in [6.07, 6.45) is -1.06. The molecule has 3 rings (SSSR count). The molecule has 0 spiro atoms. The first kappa shape index (κ1) is 14.7. The maximum absolute atomic E-state index is 13.6. The summed E-state index contributed by atoms with van der Waals surface area (Å²) in [5.41, 5.74) is 0.952. The molecule has 4 nitrogen and oxygen atoms in total.